The molecule has 0 N–H and O–H groups in total. The van der Waals surface area contributed by atoms with Gasteiger partial charge in [0.2, 0.25) is 0 Å². The Bertz CT molecular complexity index is 505. The molecule has 108 valence electrons. The number of rotatable bonds is 8. The van der Waals surface area contributed by atoms with Gasteiger partial charge in [-0.1, -0.05) is 22.9 Å². The molecule has 0 bridgehead atoms. The molecule has 2 aromatic rings. The fraction of sp³-hybridized carbons (Fsp3) is 0.438. The van der Waals surface area contributed by atoms with Gasteiger partial charge in [0, 0.05) is 25.5 Å². The third kappa shape index (κ3) is 5.05. The van der Waals surface area contributed by atoms with Crippen LogP contribution >= 0.6 is 0 Å². The van der Waals surface area contributed by atoms with E-state index in [2.05, 4.69) is 12.1 Å². The van der Waals surface area contributed by atoms with Crippen LogP contribution in [-0.4, -0.2) is 25.0 Å². The number of nitrogens with zero attached hydrogens (tertiary/aromatic N) is 1. The average Bonchev–Trinajstić information content (AvgIpc) is 2.85. The molecular formula is C16H21NO3. The van der Waals surface area contributed by atoms with Gasteiger partial charge < -0.3 is 14.0 Å². The van der Waals surface area contributed by atoms with Crippen molar-refractivity contribution in [3.8, 4) is 5.75 Å². The molecule has 1 aromatic heterocycles. The first-order chi connectivity index (χ1) is 9.74. The van der Waals surface area contributed by atoms with Crippen LogP contribution in [0.5, 0.6) is 5.75 Å². The minimum atomic E-state index is 0.663. The number of ether oxygens (including phenoxy) is 2. The molecule has 0 saturated carbocycles. The van der Waals surface area contributed by atoms with Gasteiger partial charge in [0.25, 0.3) is 0 Å². The number of hydrogen-bond acceptors (Lipinski definition) is 4. The van der Waals surface area contributed by atoms with Gasteiger partial charge in [0.15, 0.2) is 0 Å². The molecule has 0 aliphatic rings. The van der Waals surface area contributed by atoms with Crippen LogP contribution in [0.3, 0.4) is 0 Å². The summed E-state index contributed by atoms with van der Waals surface area (Å²) >= 11 is 0. The Morgan fingerprint density at radius 1 is 1.05 bits per heavy atom. The van der Waals surface area contributed by atoms with Crippen LogP contribution in [0, 0.1) is 13.8 Å². The third-order valence-electron chi connectivity index (χ3n) is 2.90. The summed E-state index contributed by atoms with van der Waals surface area (Å²) in [4.78, 5) is 0. The van der Waals surface area contributed by atoms with E-state index in [4.69, 9.17) is 14.0 Å². The van der Waals surface area contributed by atoms with Crippen molar-refractivity contribution in [3.05, 3.63) is 47.3 Å². The number of benzene rings is 1. The Morgan fingerprint density at radius 2 is 1.85 bits per heavy atom. The zero-order valence-electron chi connectivity index (χ0n) is 12.1. The minimum absolute atomic E-state index is 0.663. The van der Waals surface area contributed by atoms with E-state index in [-0.39, 0.29) is 0 Å². The average molecular weight is 275 g/mol. The van der Waals surface area contributed by atoms with E-state index in [1.807, 2.05) is 37.3 Å². The molecule has 0 atom stereocenters. The quantitative estimate of drug-likeness (QED) is 0.693. The Balaban J connectivity index is 1.50. The van der Waals surface area contributed by atoms with Crippen molar-refractivity contribution in [2.75, 3.05) is 19.8 Å². The van der Waals surface area contributed by atoms with Crippen molar-refractivity contribution in [2.24, 2.45) is 0 Å². The van der Waals surface area contributed by atoms with Gasteiger partial charge >= 0.3 is 0 Å². The molecule has 0 radical (unpaired) electrons. The molecule has 1 heterocycles. The minimum Gasteiger partial charge on any atom is -0.494 e. The van der Waals surface area contributed by atoms with Crippen molar-refractivity contribution >= 4 is 0 Å². The second-order valence-electron chi connectivity index (χ2n) is 4.81. The molecule has 2 rings (SSSR count). The monoisotopic (exact) mass is 275 g/mol. The van der Waals surface area contributed by atoms with E-state index in [0.29, 0.717) is 19.8 Å². The van der Waals surface area contributed by atoms with Gasteiger partial charge in [-0.25, -0.2) is 0 Å². The predicted molar refractivity (Wildman–Crippen MR) is 77.1 cm³/mol. The molecule has 0 unspecified atom stereocenters. The fourth-order valence-corrected chi connectivity index (χ4v) is 1.80. The Kier molecular flexibility index (Phi) is 5.62. The van der Waals surface area contributed by atoms with Crippen LogP contribution < -0.4 is 4.74 Å². The van der Waals surface area contributed by atoms with Crippen LogP contribution in [0.25, 0.3) is 0 Å². The van der Waals surface area contributed by atoms with Crippen molar-refractivity contribution in [3.63, 3.8) is 0 Å². The van der Waals surface area contributed by atoms with Gasteiger partial charge in [0.05, 0.1) is 18.9 Å². The lowest BCUT2D eigenvalue weighted by Gasteiger charge is -2.06. The van der Waals surface area contributed by atoms with E-state index < -0.39 is 0 Å². The Morgan fingerprint density at radius 3 is 2.55 bits per heavy atom. The molecule has 0 saturated heterocycles. The summed E-state index contributed by atoms with van der Waals surface area (Å²) in [5.41, 5.74) is 2.18. The maximum absolute atomic E-state index is 5.62. The van der Waals surface area contributed by atoms with Crippen LogP contribution in [0.2, 0.25) is 0 Å². The zero-order valence-corrected chi connectivity index (χ0v) is 12.1. The molecule has 4 nitrogen and oxygen atoms in total. The Hall–Kier alpha value is -1.81. The van der Waals surface area contributed by atoms with Crippen molar-refractivity contribution in [2.45, 2.75) is 26.7 Å². The molecular weight excluding hydrogens is 254 g/mol. The molecule has 0 amide bonds. The molecule has 4 heteroatoms. The van der Waals surface area contributed by atoms with E-state index in [9.17, 15) is 0 Å². The van der Waals surface area contributed by atoms with Gasteiger partial charge in [-0.05, 0) is 26.0 Å². The second-order valence-corrected chi connectivity index (χ2v) is 4.81. The van der Waals surface area contributed by atoms with Gasteiger partial charge in [-0.2, -0.15) is 0 Å². The first kappa shape index (κ1) is 14.6. The molecule has 0 aliphatic heterocycles. The maximum Gasteiger partial charge on any atom is 0.133 e. The summed E-state index contributed by atoms with van der Waals surface area (Å²) in [7, 11) is 0. The van der Waals surface area contributed by atoms with Gasteiger partial charge in [0.1, 0.15) is 11.5 Å². The van der Waals surface area contributed by atoms with Crippen molar-refractivity contribution in [1.82, 2.24) is 5.16 Å². The lowest BCUT2D eigenvalue weighted by Crippen LogP contribution is -2.05. The van der Waals surface area contributed by atoms with E-state index in [1.54, 1.807) is 0 Å². The highest BCUT2D eigenvalue weighted by molar-refractivity contribution is 5.26. The molecule has 1 aromatic carbocycles. The normalized spacial score (nSPS) is 10.7. The molecule has 0 spiro atoms. The standard InChI is InChI=1S/C16H21NO3/c1-13-4-6-16(7-5-13)19-10-3-9-18-11-8-15-12-14(2)20-17-15/h4-7,12H,3,8-11H2,1-2H3. The first-order valence-corrected chi connectivity index (χ1v) is 6.93. The SMILES string of the molecule is Cc1ccc(OCCCOCCc2cc(C)on2)cc1. The van der Waals surface area contributed by atoms with Crippen LogP contribution in [-0.2, 0) is 11.2 Å². The first-order valence-electron chi connectivity index (χ1n) is 6.93. The van der Waals surface area contributed by atoms with Crippen molar-refractivity contribution < 1.29 is 14.0 Å². The lowest BCUT2D eigenvalue weighted by molar-refractivity contribution is 0.121. The van der Waals surface area contributed by atoms with Crippen molar-refractivity contribution in [1.29, 1.82) is 0 Å². The third-order valence-corrected chi connectivity index (χ3v) is 2.90. The highest BCUT2D eigenvalue weighted by atomic mass is 16.5. The van der Waals surface area contributed by atoms with Crippen LogP contribution in [0.4, 0.5) is 0 Å². The summed E-state index contributed by atoms with van der Waals surface area (Å²) in [6.07, 6.45) is 1.67. The summed E-state index contributed by atoms with van der Waals surface area (Å²) in [5, 5.41) is 3.92. The molecule has 20 heavy (non-hydrogen) atoms. The largest absolute Gasteiger partial charge is 0.494 e. The van der Waals surface area contributed by atoms with E-state index in [0.717, 1.165) is 30.0 Å². The summed E-state index contributed by atoms with van der Waals surface area (Å²) < 4.78 is 16.2. The number of aryl methyl sites for hydroxylation is 2. The summed E-state index contributed by atoms with van der Waals surface area (Å²) in [6.45, 7) is 5.99. The highest BCUT2D eigenvalue weighted by Gasteiger charge is 2.00. The topological polar surface area (TPSA) is 44.5 Å². The Labute approximate surface area is 119 Å². The number of aromatic nitrogens is 1. The zero-order chi connectivity index (χ0) is 14.2. The van der Waals surface area contributed by atoms with Crippen LogP contribution in [0.1, 0.15) is 23.4 Å². The van der Waals surface area contributed by atoms with E-state index in [1.165, 1.54) is 5.56 Å². The second kappa shape index (κ2) is 7.70. The molecule has 0 aliphatic carbocycles. The lowest BCUT2D eigenvalue weighted by atomic mass is 10.2. The fourth-order valence-electron chi connectivity index (χ4n) is 1.80. The summed E-state index contributed by atoms with van der Waals surface area (Å²) in [5.74, 6) is 1.75. The summed E-state index contributed by atoms with van der Waals surface area (Å²) in [6, 6.07) is 10.0. The molecule has 0 fully saturated rings. The van der Waals surface area contributed by atoms with Crippen LogP contribution in [0.15, 0.2) is 34.9 Å². The highest BCUT2D eigenvalue weighted by Crippen LogP contribution is 2.11. The predicted octanol–water partition coefficient (Wildman–Crippen LogP) is 3.32. The maximum atomic E-state index is 5.62. The van der Waals surface area contributed by atoms with Gasteiger partial charge in [-0.3, -0.25) is 0 Å². The smallest absolute Gasteiger partial charge is 0.133 e. The van der Waals surface area contributed by atoms with Gasteiger partial charge in [-0.15, -0.1) is 0 Å². The van der Waals surface area contributed by atoms with E-state index >= 15 is 0 Å². The number of hydrogen-bond donors (Lipinski definition) is 0.